The summed E-state index contributed by atoms with van der Waals surface area (Å²) in [6.07, 6.45) is 4.15. The number of pyridine rings is 1. The topological polar surface area (TPSA) is 104 Å². The lowest BCUT2D eigenvalue weighted by Crippen LogP contribution is -2.31. The maximum absolute atomic E-state index is 15.4. The number of hydrogen-bond donors (Lipinski definition) is 1. The Kier molecular flexibility index (Phi) is 6.72. The fourth-order valence-electron chi connectivity index (χ4n) is 4.68. The van der Waals surface area contributed by atoms with Crippen molar-refractivity contribution in [3.63, 3.8) is 0 Å². The summed E-state index contributed by atoms with van der Waals surface area (Å²) in [7, 11) is 1.85. The Hall–Kier alpha value is -4.64. The molecule has 4 heterocycles. The van der Waals surface area contributed by atoms with Crippen LogP contribution in [0.15, 0.2) is 61.1 Å². The molecule has 0 amide bonds. The van der Waals surface area contributed by atoms with Crippen LogP contribution in [0.25, 0.3) is 22.3 Å². The highest BCUT2D eigenvalue weighted by molar-refractivity contribution is 5.92. The molecule has 1 aliphatic heterocycles. The molecule has 204 valence electrons. The van der Waals surface area contributed by atoms with Gasteiger partial charge >= 0.3 is 5.97 Å². The number of carboxylic acid groups (broad SMARTS) is 1. The SMILES string of the molecule is Cn1cncc1COc1cccc(-c2cc(F)c(Cc3nc4ccc(C(=O)O)cc4n3CC3CCO3)cc2F)n1. The van der Waals surface area contributed by atoms with Gasteiger partial charge < -0.3 is 23.7 Å². The van der Waals surface area contributed by atoms with Crippen LogP contribution in [0.4, 0.5) is 8.78 Å². The van der Waals surface area contributed by atoms with E-state index < -0.39 is 17.6 Å². The molecule has 0 saturated carbocycles. The third-order valence-electron chi connectivity index (χ3n) is 7.02. The van der Waals surface area contributed by atoms with Gasteiger partial charge in [-0.1, -0.05) is 6.07 Å². The molecule has 0 spiro atoms. The number of aryl methyl sites for hydroxylation is 1. The van der Waals surface area contributed by atoms with Gasteiger partial charge in [0.05, 0.1) is 53.2 Å². The molecule has 1 saturated heterocycles. The molecule has 1 atom stereocenters. The number of fused-ring (bicyclic) bond motifs is 1. The molecule has 1 N–H and O–H groups in total. The third-order valence-corrected chi connectivity index (χ3v) is 7.02. The fourth-order valence-corrected chi connectivity index (χ4v) is 4.68. The fraction of sp³-hybridized carbons (Fsp3) is 0.241. The van der Waals surface area contributed by atoms with Gasteiger partial charge in [-0.2, -0.15) is 0 Å². The maximum atomic E-state index is 15.4. The van der Waals surface area contributed by atoms with E-state index in [1.807, 2.05) is 16.2 Å². The lowest BCUT2D eigenvalue weighted by molar-refractivity contribution is -0.0589. The van der Waals surface area contributed by atoms with E-state index in [4.69, 9.17) is 9.47 Å². The van der Waals surface area contributed by atoms with E-state index in [2.05, 4.69) is 15.0 Å². The Bertz CT molecular complexity index is 1730. The highest BCUT2D eigenvalue weighted by Gasteiger charge is 2.23. The van der Waals surface area contributed by atoms with Crippen LogP contribution in [0, 0.1) is 11.6 Å². The Morgan fingerprint density at radius 2 is 2.00 bits per heavy atom. The summed E-state index contributed by atoms with van der Waals surface area (Å²) >= 11 is 0. The van der Waals surface area contributed by atoms with E-state index in [0.29, 0.717) is 30.0 Å². The van der Waals surface area contributed by atoms with Crippen molar-refractivity contribution in [2.75, 3.05) is 6.61 Å². The standard InChI is InChI=1S/C29H25F2N5O4/c1-35-16-32-13-19(35)15-40-28-4-2-3-24(34-28)21-12-22(30)18(9-23(21)31)11-27-33-25-6-5-17(29(37)38)10-26(25)36(27)14-20-7-8-39-20/h2-6,9-10,12-13,16,20H,7-8,11,14-15H2,1H3,(H,37,38). The van der Waals surface area contributed by atoms with Crippen LogP contribution >= 0.6 is 0 Å². The molecular weight excluding hydrogens is 520 g/mol. The molecule has 1 fully saturated rings. The maximum Gasteiger partial charge on any atom is 0.335 e. The highest BCUT2D eigenvalue weighted by atomic mass is 19.1. The number of halogens is 2. The van der Waals surface area contributed by atoms with Gasteiger partial charge in [0.25, 0.3) is 0 Å². The average molecular weight is 546 g/mol. The van der Waals surface area contributed by atoms with Crippen LogP contribution in [0.3, 0.4) is 0 Å². The summed E-state index contributed by atoms with van der Waals surface area (Å²) in [5, 5.41) is 9.44. The lowest BCUT2D eigenvalue weighted by atomic mass is 10.0. The summed E-state index contributed by atoms with van der Waals surface area (Å²) in [6.45, 7) is 1.31. The van der Waals surface area contributed by atoms with Crippen molar-refractivity contribution in [3.8, 4) is 17.1 Å². The molecule has 1 unspecified atom stereocenters. The summed E-state index contributed by atoms with van der Waals surface area (Å²) in [5.74, 6) is -1.53. The van der Waals surface area contributed by atoms with E-state index in [1.165, 1.54) is 6.07 Å². The zero-order valence-corrected chi connectivity index (χ0v) is 21.6. The van der Waals surface area contributed by atoms with Gasteiger partial charge in [-0.05, 0) is 48.4 Å². The molecule has 6 rings (SSSR count). The van der Waals surface area contributed by atoms with Crippen LogP contribution in [0.1, 0.15) is 33.9 Å². The Morgan fingerprint density at radius 1 is 1.15 bits per heavy atom. The van der Waals surface area contributed by atoms with Crippen LogP contribution < -0.4 is 4.74 Å². The first-order valence-electron chi connectivity index (χ1n) is 12.7. The zero-order valence-electron chi connectivity index (χ0n) is 21.6. The van der Waals surface area contributed by atoms with E-state index in [-0.39, 0.29) is 47.4 Å². The van der Waals surface area contributed by atoms with Gasteiger partial charge in [-0.15, -0.1) is 0 Å². The van der Waals surface area contributed by atoms with Crippen molar-refractivity contribution in [1.29, 1.82) is 0 Å². The predicted molar refractivity (Wildman–Crippen MR) is 141 cm³/mol. The van der Waals surface area contributed by atoms with Gasteiger partial charge in [0, 0.05) is 31.7 Å². The summed E-state index contributed by atoms with van der Waals surface area (Å²) in [4.78, 5) is 24.6. The number of aromatic carboxylic acids is 1. The van der Waals surface area contributed by atoms with Gasteiger partial charge in [-0.3, -0.25) is 0 Å². The van der Waals surface area contributed by atoms with Crippen molar-refractivity contribution in [3.05, 3.63) is 95.3 Å². The normalized spacial score (nSPS) is 14.8. The summed E-state index contributed by atoms with van der Waals surface area (Å²) in [6, 6.07) is 11.8. The molecule has 0 radical (unpaired) electrons. The number of rotatable bonds is 9. The number of aromatic nitrogens is 5. The average Bonchev–Trinajstić information content (AvgIpc) is 3.48. The molecule has 9 nitrogen and oxygen atoms in total. The van der Waals surface area contributed by atoms with Crippen LogP contribution in [0.5, 0.6) is 5.88 Å². The summed E-state index contributed by atoms with van der Waals surface area (Å²) in [5.41, 5.74) is 2.50. The predicted octanol–water partition coefficient (Wildman–Crippen LogP) is 4.77. The largest absolute Gasteiger partial charge is 0.478 e. The number of benzene rings is 2. The minimum atomic E-state index is -1.06. The van der Waals surface area contributed by atoms with Crippen LogP contribution in [0.2, 0.25) is 0 Å². The second kappa shape index (κ2) is 10.5. The van der Waals surface area contributed by atoms with Crippen molar-refractivity contribution >= 4 is 17.0 Å². The molecule has 11 heteroatoms. The van der Waals surface area contributed by atoms with E-state index in [1.54, 1.807) is 42.9 Å². The Morgan fingerprint density at radius 3 is 2.73 bits per heavy atom. The van der Waals surface area contributed by atoms with Gasteiger partial charge in [-0.25, -0.2) is 28.5 Å². The van der Waals surface area contributed by atoms with E-state index in [9.17, 15) is 9.90 Å². The molecule has 40 heavy (non-hydrogen) atoms. The molecule has 1 aliphatic rings. The Labute approximate surface area is 227 Å². The molecule has 3 aromatic heterocycles. The molecule has 2 aromatic carbocycles. The number of carboxylic acids is 1. The quantitative estimate of drug-likeness (QED) is 0.285. The van der Waals surface area contributed by atoms with Crippen LogP contribution in [-0.4, -0.2) is 47.9 Å². The zero-order chi connectivity index (χ0) is 27.8. The van der Waals surface area contributed by atoms with Gasteiger partial charge in [0.1, 0.15) is 24.1 Å². The number of imidazole rings is 2. The molecular formula is C29H25F2N5O4. The van der Waals surface area contributed by atoms with Gasteiger partial charge in [0.15, 0.2) is 0 Å². The Balaban J connectivity index is 1.29. The third kappa shape index (κ3) is 5.03. The number of hydrogen-bond acceptors (Lipinski definition) is 6. The van der Waals surface area contributed by atoms with Crippen molar-refractivity contribution in [1.82, 2.24) is 24.1 Å². The van der Waals surface area contributed by atoms with Gasteiger partial charge in [0.2, 0.25) is 5.88 Å². The first kappa shape index (κ1) is 25.6. The van der Waals surface area contributed by atoms with Crippen molar-refractivity contribution in [2.24, 2.45) is 7.05 Å². The molecule has 0 aliphatic carbocycles. The summed E-state index contributed by atoms with van der Waals surface area (Å²) < 4.78 is 45.7. The molecule has 0 bridgehead atoms. The van der Waals surface area contributed by atoms with Crippen molar-refractivity contribution in [2.45, 2.75) is 32.1 Å². The highest BCUT2D eigenvalue weighted by Crippen LogP contribution is 2.29. The minimum absolute atomic E-state index is 0.00805. The number of ether oxygens (including phenoxy) is 2. The second-order valence-electron chi connectivity index (χ2n) is 9.67. The number of nitrogens with zero attached hydrogens (tertiary/aromatic N) is 5. The number of carbonyl (C=O) groups is 1. The lowest BCUT2D eigenvalue weighted by Gasteiger charge is -2.27. The molecule has 5 aromatic rings. The van der Waals surface area contributed by atoms with Crippen molar-refractivity contribution < 1.29 is 28.2 Å². The smallest absolute Gasteiger partial charge is 0.335 e. The van der Waals surface area contributed by atoms with E-state index >= 15 is 8.78 Å². The van der Waals surface area contributed by atoms with E-state index in [0.717, 1.165) is 24.2 Å². The minimum Gasteiger partial charge on any atom is -0.478 e. The second-order valence-corrected chi connectivity index (χ2v) is 9.67. The first-order valence-corrected chi connectivity index (χ1v) is 12.7. The first-order chi connectivity index (χ1) is 19.4. The monoisotopic (exact) mass is 545 g/mol. The van der Waals surface area contributed by atoms with Crippen LogP contribution in [-0.2, 0) is 31.4 Å².